The normalized spacial score (nSPS) is 10.2. The molecular formula is C20H17N3O2. The molecule has 0 spiro atoms. The fourth-order valence-corrected chi connectivity index (χ4v) is 2.61. The number of rotatable bonds is 5. The van der Waals surface area contributed by atoms with E-state index in [9.17, 15) is 9.59 Å². The van der Waals surface area contributed by atoms with Crippen LogP contribution in [0.2, 0.25) is 0 Å². The summed E-state index contributed by atoms with van der Waals surface area (Å²) in [7, 11) is 0. The van der Waals surface area contributed by atoms with Gasteiger partial charge in [0.05, 0.1) is 5.69 Å². The molecule has 1 amide bonds. The van der Waals surface area contributed by atoms with Gasteiger partial charge in [-0.25, -0.2) is 5.10 Å². The molecule has 0 saturated heterocycles. The smallest absolute Gasteiger partial charge is 0.277 e. The zero-order chi connectivity index (χ0) is 17.6. The summed E-state index contributed by atoms with van der Waals surface area (Å²) in [6, 6.07) is 18.7. The highest BCUT2D eigenvalue weighted by molar-refractivity contribution is 6.03. The van der Waals surface area contributed by atoms with Crippen LogP contribution in [-0.4, -0.2) is 22.6 Å². The summed E-state index contributed by atoms with van der Waals surface area (Å²) in [5.41, 5.74) is 2.15. The van der Waals surface area contributed by atoms with Gasteiger partial charge < -0.3 is 5.32 Å². The number of nitrogens with zero attached hydrogens (tertiary/aromatic N) is 1. The predicted molar refractivity (Wildman–Crippen MR) is 98.3 cm³/mol. The Hall–Kier alpha value is -3.47. The molecule has 0 aliphatic rings. The van der Waals surface area contributed by atoms with E-state index in [2.05, 4.69) is 22.1 Å². The minimum atomic E-state index is -0.528. The third-order valence-electron chi connectivity index (χ3n) is 3.73. The number of aromatic amines is 1. The number of nitrogens with one attached hydrogen (secondary N) is 2. The summed E-state index contributed by atoms with van der Waals surface area (Å²) in [6.45, 7) is 3.85. The van der Waals surface area contributed by atoms with Gasteiger partial charge in [0.2, 0.25) is 0 Å². The second kappa shape index (κ2) is 7.40. The SMILES string of the molecule is C=CCNC(=O)c1c(-c2ccccc2)c(-c2ccccc2)n[nH]c1=O. The van der Waals surface area contributed by atoms with Crippen LogP contribution in [0, 0.1) is 0 Å². The number of carbonyl (C=O) groups excluding carboxylic acids is 1. The maximum absolute atomic E-state index is 12.6. The van der Waals surface area contributed by atoms with Crippen molar-refractivity contribution >= 4 is 5.91 Å². The third kappa shape index (κ3) is 3.40. The Kier molecular flexibility index (Phi) is 4.85. The molecule has 1 aromatic heterocycles. The molecule has 0 bridgehead atoms. The second-order valence-electron chi connectivity index (χ2n) is 5.38. The van der Waals surface area contributed by atoms with Crippen LogP contribution in [0.1, 0.15) is 10.4 Å². The van der Waals surface area contributed by atoms with Crippen LogP contribution < -0.4 is 10.9 Å². The van der Waals surface area contributed by atoms with Crippen molar-refractivity contribution in [2.24, 2.45) is 0 Å². The fraction of sp³-hybridized carbons (Fsp3) is 0.0500. The van der Waals surface area contributed by atoms with Gasteiger partial charge in [-0.05, 0) is 5.56 Å². The molecule has 0 atom stereocenters. The molecule has 124 valence electrons. The highest BCUT2D eigenvalue weighted by Crippen LogP contribution is 2.31. The fourth-order valence-electron chi connectivity index (χ4n) is 2.61. The lowest BCUT2D eigenvalue weighted by Crippen LogP contribution is -2.31. The molecule has 0 aliphatic carbocycles. The Labute approximate surface area is 145 Å². The molecule has 0 saturated carbocycles. The first kappa shape index (κ1) is 16.4. The number of aromatic nitrogens is 2. The van der Waals surface area contributed by atoms with Gasteiger partial charge in [0.1, 0.15) is 5.56 Å². The molecule has 5 heteroatoms. The van der Waals surface area contributed by atoms with Gasteiger partial charge in [-0.3, -0.25) is 9.59 Å². The van der Waals surface area contributed by atoms with E-state index < -0.39 is 11.5 Å². The molecular weight excluding hydrogens is 314 g/mol. The number of carbonyl (C=O) groups is 1. The van der Waals surface area contributed by atoms with Crippen molar-refractivity contribution in [2.45, 2.75) is 0 Å². The van der Waals surface area contributed by atoms with Gasteiger partial charge in [-0.2, -0.15) is 5.10 Å². The zero-order valence-electron chi connectivity index (χ0n) is 13.5. The summed E-state index contributed by atoms with van der Waals surface area (Å²) in [5, 5.41) is 9.33. The minimum absolute atomic E-state index is 0.0434. The Morgan fingerprint density at radius 3 is 2.24 bits per heavy atom. The van der Waals surface area contributed by atoms with E-state index in [-0.39, 0.29) is 12.1 Å². The van der Waals surface area contributed by atoms with Crippen molar-refractivity contribution in [1.29, 1.82) is 0 Å². The second-order valence-corrected chi connectivity index (χ2v) is 5.38. The molecule has 3 aromatic rings. The number of hydrogen-bond donors (Lipinski definition) is 2. The van der Waals surface area contributed by atoms with Gasteiger partial charge in [0.25, 0.3) is 11.5 Å². The molecule has 0 aliphatic heterocycles. The van der Waals surface area contributed by atoms with Gasteiger partial charge in [-0.15, -0.1) is 6.58 Å². The Morgan fingerprint density at radius 2 is 1.64 bits per heavy atom. The van der Waals surface area contributed by atoms with E-state index in [1.165, 1.54) is 0 Å². The molecule has 0 unspecified atom stereocenters. The quantitative estimate of drug-likeness (QED) is 0.706. The lowest BCUT2D eigenvalue weighted by molar-refractivity contribution is 0.0957. The standard InChI is InChI=1S/C20H17N3O2/c1-2-13-21-19(24)17-16(14-9-5-3-6-10-14)18(22-23-20(17)25)15-11-7-4-8-12-15/h2-12H,1,13H2,(H,21,24)(H,23,25). The number of amides is 1. The third-order valence-corrected chi connectivity index (χ3v) is 3.73. The minimum Gasteiger partial charge on any atom is -0.348 e. The molecule has 5 nitrogen and oxygen atoms in total. The molecule has 0 radical (unpaired) electrons. The van der Waals surface area contributed by atoms with Gasteiger partial charge >= 0.3 is 0 Å². The number of benzene rings is 2. The topological polar surface area (TPSA) is 74.8 Å². The maximum Gasteiger partial charge on any atom is 0.277 e. The van der Waals surface area contributed by atoms with Gasteiger partial charge in [0.15, 0.2) is 0 Å². The Bertz CT molecular complexity index is 948. The highest BCUT2D eigenvalue weighted by atomic mass is 16.2. The van der Waals surface area contributed by atoms with Crippen LogP contribution in [0.5, 0.6) is 0 Å². The summed E-state index contributed by atoms with van der Waals surface area (Å²) >= 11 is 0. The van der Waals surface area contributed by atoms with Crippen LogP contribution in [0.25, 0.3) is 22.4 Å². The van der Waals surface area contributed by atoms with Crippen molar-refractivity contribution in [3.63, 3.8) is 0 Å². The predicted octanol–water partition coefficient (Wildman–Crippen LogP) is 3.02. The van der Waals surface area contributed by atoms with Crippen molar-refractivity contribution < 1.29 is 4.79 Å². The first-order valence-electron chi connectivity index (χ1n) is 7.85. The van der Waals surface area contributed by atoms with E-state index in [4.69, 9.17) is 0 Å². The summed E-state index contributed by atoms with van der Waals surface area (Å²) in [4.78, 5) is 25.0. The van der Waals surface area contributed by atoms with E-state index >= 15 is 0 Å². The molecule has 2 N–H and O–H groups in total. The molecule has 2 aromatic carbocycles. The summed E-state index contributed by atoms with van der Waals surface area (Å²) in [6.07, 6.45) is 1.56. The monoisotopic (exact) mass is 331 g/mol. The maximum atomic E-state index is 12.6. The Morgan fingerprint density at radius 1 is 1.04 bits per heavy atom. The zero-order valence-corrected chi connectivity index (χ0v) is 13.5. The molecule has 3 rings (SSSR count). The van der Waals surface area contributed by atoms with E-state index in [0.29, 0.717) is 11.3 Å². The van der Waals surface area contributed by atoms with E-state index in [1.807, 2.05) is 60.7 Å². The van der Waals surface area contributed by atoms with E-state index in [1.54, 1.807) is 6.08 Å². The average molecular weight is 331 g/mol. The van der Waals surface area contributed by atoms with Crippen molar-refractivity contribution in [2.75, 3.05) is 6.54 Å². The molecule has 25 heavy (non-hydrogen) atoms. The lowest BCUT2D eigenvalue weighted by Gasteiger charge is -2.13. The van der Waals surface area contributed by atoms with Crippen LogP contribution in [-0.2, 0) is 0 Å². The summed E-state index contributed by atoms with van der Waals surface area (Å²) < 4.78 is 0. The molecule has 1 heterocycles. The first-order chi connectivity index (χ1) is 12.2. The van der Waals surface area contributed by atoms with Crippen LogP contribution >= 0.6 is 0 Å². The van der Waals surface area contributed by atoms with Crippen molar-refractivity contribution in [3.05, 3.63) is 89.2 Å². The average Bonchev–Trinajstić information content (AvgIpc) is 2.67. The lowest BCUT2D eigenvalue weighted by atomic mass is 9.95. The largest absolute Gasteiger partial charge is 0.348 e. The Balaban J connectivity index is 2.29. The molecule has 0 fully saturated rings. The highest BCUT2D eigenvalue weighted by Gasteiger charge is 2.22. The van der Waals surface area contributed by atoms with Crippen LogP contribution in [0.4, 0.5) is 0 Å². The first-order valence-corrected chi connectivity index (χ1v) is 7.85. The van der Waals surface area contributed by atoms with Gasteiger partial charge in [-0.1, -0.05) is 66.7 Å². The number of hydrogen-bond acceptors (Lipinski definition) is 3. The van der Waals surface area contributed by atoms with Crippen LogP contribution in [0.3, 0.4) is 0 Å². The van der Waals surface area contributed by atoms with Crippen molar-refractivity contribution in [3.8, 4) is 22.4 Å². The number of H-pyrrole nitrogens is 1. The van der Waals surface area contributed by atoms with Gasteiger partial charge in [0, 0.05) is 17.7 Å². The van der Waals surface area contributed by atoms with E-state index in [0.717, 1.165) is 11.1 Å². The summed E-state index contributed by atoms with van der Waals surface area (Å²) in [5.74, 6) is -0.459. The van der Waals surface area contributed by atoms with Crippen molar-refractivity contribution in [1.82, 2.24) is 15.5 Å². The van der Waals surface area contributed by atoms with Crippen LogP contribution in [0.15, 0.2) is 78.1 Å².